The Balaban J connectivity index is 0.000000555. The van der Waals surface area contributed by atoms with E-state index in [4.69, 9.17) is 20.6 Å². The predicted octanol–water partition coefficient (Wildman–Crippen LogP) is -2.65. The molecule has 11 nitrogen and oxygen atoms in total. The fourth-order valence-corrected chi connectivity index (χ4v) is 2.87. The monoisotopic (exact) mass is 377 g/mol. The van der Waals surface area contributed by atoms with Crippen molar-refractivity contribution in [3.63, 3.8) is 0 Å². The summed E-state index contributed by atoms with van der Waals surface area (Å²) in [6.45, 7) is -0.702. The van der Waals surface area contributed by atoms with Crippen molar-refractivity contribution in [3.05, 3.63) is 0 Å². The molecule has 1 heterocycles. The molecule has 5 atom stereocenters. The number of nitrogens with two attached hydrogens (primary N) is 1. The van der Waals surface area contributed by atoms with Crippen LogP contribution in [0.1, 0.15) is 32.1 Å². The van der Waals surface area contributed by atoms with Gasteiger partial charge in [-0.2, -0.15) is 0 Å². The SMILES string of the molecule is NC1CCCCC1.O.O=P(O)(O)O[C@H]1OC(CO)[C@H](O)C(O)C1O. The van der Waals surface area contributed by atoms with E-state index in [0.717, 1.165) is 0 Å². The minimum Gasteiger partial charge on any atom is -0.412 e. The second kappa shape index (κ2) is 10.7. The number of phosphoric ester groups is 1. The van der Waals surface area contributed by atoms with Crippen molar-refractivity contribution in [2.24, 2.45) is 5.73 Å². The maximum atomic E-state index is 10.5. The molecule has 0 radical (unpaired) electrons. The van der Waals surface area contributed by atoms with Crippen LogP contribution >= 0.6 is 7.82 Å². The molecule has 24 heavy (non-hydrogen) atoms. The Morgan fingerprint density at radius 1 is 1.04 bits per heavy atom. The van der Waals surface area contributed by atoms with Gasteiger partial charge >= 0.3 is 7.82 Å². The summed E-state index contributed by atoms with van der Waals surface area (Å²) in [5.74, 6) is 0. The molecule has 1 saturated carbocycles. The number of hydrogen-bond donors (Lipinski definition) is 7. The average molecular weight is 377 g/mol. The summed E-state index contributed by atoms with van der Waals surface area (Å²) in [5, 5.41) is 36.6. The Morgan fingerprint density at radius 2 is 1.58 bits per heavy atom. The zero-order valence-corrected chi connectivity index (χ0v) is 14.0. The zero-order chi connectivity index (χ0) is 17.6. The average Bonchev–Trinajstić information content (AvgIpc) is 2.48. The lowest BCUT2D eigenvalue weighted by molar-refractivity contribution is -0.280. The normalized spacial score (nSPS) is 34.7. The number of rotatable bonds is 3. The first-order chi connectivity index (χ1) is 10.7. The third-order valence-electron chi connectivity index (χ3n) is 3.74. The zero-order valence-electron chi connectivity index (χ0n) is 13.1. The smallest absolute Gasteiger partial charge is 0.412 e. The van der Waals surface area contributed by atoms with Gasteiger partial charge in [0.25, 0.3) is 0 Å². The summed E-state index contributed by atoms with van der Waals surface area (Å²) in [6, 6.07) is 0.536. The molecule has 12 heteroatoms. The Morgan fingerprint density at radius 3 is 1.96 bits per heavy atom. The van der Waals surface area contributed by atoms with E-state index in [1.165, 1.54) is 32.1 Å². The molecule has 3 unspecified atom stereocenters. The second-order valence-electron chi connectivity index (χ2n) is 5.69. The molecule has 1 aliphatic carbocycles. The summed E-state index contributed by atoms with van der Waals surface area (Å²) in [4.78, 5) is 17.0. The predicted molar refractivity (Wildman–Crippen MR) is 81.6 cm³/mol. The summed E-state index contributed by atoms with van der Waals surface area (Å²) < 4.78 is 19.2. The maximum absolute atomic E-state index is 10.5. The van der Waals surface area contributed by atoms with E-state index >= 15 is 0 Å². The number of aliphatic hydroxyl groups excluding tert-OH is 4. The van der Waals surface area contributed by atoms with E-state index in [9.17, 15) is 19.9 Å². The van der Waals surface area contributed by atoms with Gasteiger partial charge in [0.05, 0.1) is 6.61 Å². The minimum absolute atomic E-state index is 0. The summed E-state index contributed by atoms with van der Waals surface area (Å²) in [5.41, 5.74) is 5.63. The van der Waals surface area contributed by atoms with E-state index in [1.807, 2.05) is 0 Å². The quantitative estimate of drug-likeness (QED) is 0.253. The number of phosphoric acid groups is 1. The molecule has 10 N–H and O–H groups in total. The lowest BCUT2D eigenvalue weighted by Gasteiger charge is -2.39. The Labute approximate surface area is 139 Å². The van der Waals surface area contributed by atoms with E-state index in [2.05, 4.69) is 9.26 Å². The van der Waals surface area contributed by atoms with E-state index in [-0.39, 0.29) is 5.48 Å². The molecule has 0 bridgehead atoms. The molecular formula is C12H28NO10P. The highest BCUT2D eigenvalue weighted by Crippen LogP contribution is 2.40. The molecule has 2 rings (SSSR count). The van der Waals surface area contributed by atoms with Crippen LogP contribution in [0.3, 0.4) is 0 Å². The Hall–Kier alpha value is -0.170. The van der Waals surface area contributed by atoms with Crippen LogP contribution in [0.5, 0.6) is 0 Å². The largest absolute Gasteiger partial charge is 0.472 e. The Bertz CT molecular complexity index is 386. The molecule has 0 spiro atoms. The Kier molecular flexibility index (Phi) is 10.7. The minimum atomic E-state index is -4.91. The van der Waals surface area contributed by atoms with Crippen LogP contribution in [0, 0.1) is 0 Å². The van der Waals surface area contributed by atoms with Crippen molar-refractivity contribution < 1.29 is 49.5 Å². The van der Waals surface area contributed by atoms with Crippen LogP contribution in [-0.4, -0.2) is 79.0 Å². The number of aliphatic hydroxyl groups is 4. The highest BCUT2D eigenvalue weighted by Gasteiger charge is 2.46. The van der Waals surface area contributed by atoms with Crippen LogP contribution in [-0.2, 0) is 13.8 Å². The molecule has 0 aromatic carbocycles. The fourth-order valence-electron chi connectivity index (χ4n) is 2.42. The van der Waals surface area contributed by atoms with Gasteiger partial charge in [-0.25, -0.2) is 4.57 Å². The topological polar surface area (TPSA) is 214 Å². The van der Waals surface area contributed by atoms with Gasteiger partial charge in [-0.05, 0) is 12.8 Å². The molecule has 0 amide bonds. The first-order valence-electron chi connectivity index (χ1n) is 7.45. The molecule has 2 aliphatic rings. The van der Waals surface area contributed by atoms with Crippen molar-refractivity contribution in [1.82, 2.24) is 0 Å². The molecule has 1 saturated heterocycles. The third kappa shape index (κ3) is 7.81. The lowest BCUT2D eigenvalue weighted by Crippen LogP contribution is -2.58. The highest BCUT2D eigenvalue weighted by molar-refractivity contribution is 7.46. The van der Waals surface area contributed by atoms with Gasteiger partial charge in [0.1, 0.15) is 24.4 Å². The van der Waals surface area contributed by atoms with Gasteiger partial charge < -0.3 is 46.2 Å². The second-order valence-corrected chi connectivity index (χ2v) is 6.88. The van der Waals surface area contributed by atoms with Gasteiger partial charge in [0.2, 0.25) is 0 Å². The standard InChI is InChI=1S/C6H13N.C6H13O9P.H2O/c7-6-4-2-1-3-5-6;7-1-2-3(8)4(9)5(10)6(14-2)15-16(11,12)13;/h6H,1-5,7H2;2-10H,1H2,(H2,11,12,13);1H2/t;2?,3-,4?,5?,6+;/m.0./s1. The van der Waals surface area contributed by atoms with Crippen LogP contribution in [0.15, 0.2) is 0 Å². The summed E-state index contributed by atoms with van der Waals surface area (Å²) in [7, 11) is -4.91. The highest BCUT2D eigenvalue weighted by atomic mass is 31.2. The molecule has 146 valence electrons. The first-order valence-corrected chi connectivity index (χ1v) is 8.98. The molecule has 0 aromatic rings. The number of ether oxygens (including phenoxy) is 1. The van der Waals surface area contributed by atoms with Crippen LogP contribution in [0.25, 0.3) is 0 Å². The number of hydrogen-bond acceptors (Lipinski definition) is 8. The summed E-state index contributed by atoms with van der Waals surface area (Å²) >= 11 is 0. The van der Waals surface area contributed by atoms with Crippen molar-refractivity contribution in [2.75, 3.05) is 6.61 Å². The van der Waals surface area contributed by atoms with E-state index < -0.39 is 45.1 Å². The van der Waals surface area contributed by atoms with Crippen molar-refractivity contribution in [1.29, 1.82) is 0 Å². The van der Waals surface area contributed by atoms with Crippen molar-refractivity contribution in [3.8, 4) is 0 Å². The van der Waals surface area contributed by atoms with Crippen LogP contribution < -0.4 is 5.73 Å². The van der Waals surface area contributed by atoms with Gasteiger partial charge in [-0.15, -0.1) is 0 Å². The lowest BCUT2D eigenvalue weighted by atomic mass is 9.97. The molecule has 2 fully saturated rings. The fraction of sp³-hybridized carbons (Fsp3) is 1.00. The molecule has 1 aliphatic heterocycles. The van der Waals surface area contributed by atoms with E-state index in [0.29, 0.717) is 6.04 Å². The summed E-state index contributed by atoms with van der Waals surface area (Å²) in [6.07, 6.45) is -1.59. The molecular weight excluding hydrogens is 349 g/mol. The third-order valence-corrected chi connectivity index (χ3v) is 4.22. The van der Waals surface area contributed by atoms with Gasteiger partial charge in [0.15, 0.2) is 6.29 Å². The van der Waals surface area contributed by atoms with Crippen LogP contribution in [0.2, 0.25) is 0 Å². The van der Waals surface area contributed by atoms with Crippen molar-refractivity contribution >= 4 is 7.82 Å². The van der Waals surface area contributed by atoms with Crippen LogP contribution in [0.4, 0.5) is 0 Å². The first kappa shape index (κ1) is 23.8. The van der Waals surface area contributed by atoms with Crippen molar-refractivity contribution in [2.45, 2.75) is 68.9 Å². The van der Waals surface area contributed by atoms with Gasteiger partial charge in [0, 0.05) is 6.04 Å². The van der Waals surface area contributed by atoms with Gasteiger partial charge in [-0.3, -0.25) is 4.52 Å². The molecule has 0 aromatic heterocycles. The van der Waals surface area contributed by atoms with Gasteiger partial charge in [-0.1, -0.05) is 19.3 Å². The van der Waals surface area contributed by atoms with E-state index in [1.54, 1.807) is 0 Å². The maximum Gasteiger partial charge on any atom is 0.472 e.